The van der Waals surface area contributed by atoms with Crippen molar-refractivity contribution in [3.05, 3.63) is 96.6 Å². The predicted molar refractivity (Wildman–Crippen MR) is 140 cm³/mol. The van der Waals surface area contributed by atoms with Gasteiger partial charge in [-0.1, -0.05) is 24.3 Å². The first-order chi connectivity index (χ1) is 18.0. The molecular weight excluding hydrogens is 490 g/mol. The standard InChI is InChI=1S/C27H27N5O4S/c33-25(22-3-1-12-28-16-22)18-29-17-23-8-4-21-15-20(7-11-26(21)36-23)19-5-9-24(10-6-19)37(34,35)32-27-30-13-2-14-31-27/h1-3,5-7,9-16,23,25,29,33H,4,8,17-18H2,(H,30,31,32). The lowest BCUT2D eigenvalue weighted by molar-refractivity contribution is 0.146. The zero-order chi connectivity index (χ0) is 25.7. The molecule has 0 amide bonds. The van der Waals surface area contributed by atoms with Crippen LogP contribution < -0.4 is 14.8 Å². The summed E-state index contributed by atoms with van der Waals surface area (Å²) in [4.78, 5) is 12.0. The monoisotopic (exact) mass is 517 g/mol. The summed E-state index contributed by atoms with van der Waals surface area (Å²) >= 11 is 0. The molecule has 2 aromatic carbocycles. The molecule has 9 nitrogen and oxygen atoms in total. The number of ether oxygens (including phenoxy) is 1. The number of sulfonamides is 1. The molecule has 1 aliphatic rings. The summed E-state index contributed by atoms with van der Waals surface area (Å²) < 4.78 is 33.8. The van der Waals surface area contributed by atoms with Gasteiger partial charge < -0.3 is 15.2 Å². The number of aliphatic hydroxyl groups excluding tert-OH is 1. The molecule has 1 aliphatic heterocycles. The third kappa shape index (κ3) is 6.11. The van der Waals surface area contributed by atoms with Crippen LogP contribution in [0.3, 0.4) is 0 Å². The quantitative estimate of drug-likeness (QED) is 0.309. The summed E-state index contributed by atoms with van der Waals surface area (Å²) in [5.74, 6) is 0.875. The summed E-state index contributed by atoms with van der Waals surface area (Å²) in [6, 6.07) is 18.0. The van der Waals surface area contributed by atoms with E-state index in [1.165, 1.54) is 12.4 Å². The van der Waals surface area contributed by atoms with E-state index in [0.29, 0.717) is 13.1 Å². The highest BCUT2D eigenvalue weighted by Gasteiger charge is 2.21. The van der Waals surface area contributed by atoms with Crippen LogP contribution in [0.5, 0.6) is 5.75 Å². The molecule has 0 bridgehead atoms. The number of rotatable bonds is 9. The Morgan fingerprint density at radius 3 is 2.54 bits per heavy atom. The number of benzene rings is 2. The topological polar surface area (TPSA) is 126 Å². The van der Waals surface area contributed by atoms with Gasteiger partial charge in [0.2, 0.25) is 5.95 Å². The molecule has 0 aliphatic carbocycles. The molecule has 5 rings (SSSR count). The lowest BCUT2D eigenvalue weighted by Crippen LogP contribution is -2.36. The summed E-state index contributed by atoms with van der Waals surface area (Å²) in [5.41, 5.74) is 3.79. The fraction of sp³-hybridized carbons (Fsp3) is 0.222. The van der Waals surface area contributed by atoms with E-state index in [1.807, 2.05) is 24.3 Å². The second kappa shape index (κ2) is 11.0. The SMILES string of the molecule is O=S(=O)(Nc1ncccn1)c1ccc(-c2ccc3c(c2)CCC(CNCC(O)c2cccnc2)O3)cc1. The van der Waals surface area contributed by atoms with E-state index in [-0.39, 0.29) is 16.9 Å². The van der Waals surface area contributed by atoms with Gasteiger partial charge >= 0.3 is 0 Å². The average Bonchev–Trinajstić information content (AvgIpc) is 2.93. The van der Waals surface area contributed by atoms with Gasteiger partial charge in [0.05, 0.1) is 11.0 Å². The van der Waals surface area contributed by atoms with Gasteiger partial charge in [0, 0.05) is 43.4 Å². The highest BCUT2D eigenvalue weighted by Crippen LogP contribution is 2.32. The van der Waals surface area contributed by atoms with Crippen molar-refractivity contribution in [3.8, 4) is 16.9 Å². The van der Waals surface area contributed by atoms with E-state index in [4.69, 9.17) is 4.74 Å². The molecule has 0 saturated heterocycles. The minimum absolute atomic E-state index is 0.0185. The summed E-state index contributed by atoms with van der Waals surface area (Å²) in [7, 11) is -3.78. The molecule has 0 fully saturated rings. The number of nitrogens with zero attached hydrogens (tertiary/aromatic N) is 3. The van der Waals surface area contributed by atoms with E-state index in [2.05, 4.69) is 31.1 Å². The Hall–Kier alpha value is -3.86. The number of aliphatic hydroxyl groups is 1. The van der Waals surface area contributed by atoms with Crippen LogP contribution in [0.25, 0.3) is 11.1 Å². The van der Waals surface area contributed by atoms with Crippen LogP contribution in [0.4, 0.5) is 5.95 Å². The van der Waals surface area contributed by atoms with Gasteiger partial charge in [-0.15, -0.1) is 0 Å². The van der Waals surface area contributed by atoms with Crippen molar-refractivity contribution in [3.63, 3.8) is 0 Å². The van der Waals surface area contributed by atoms with Gasteiger partial charge in [-0.25, -0.2) is 23.1 Å². The van der Waals surface area contributed by atoms with Crippen LogP contribution in [-0.4, -0.2) is 47.7 Å². The Kier molecular flexibility index (Phi) is 7.40. The molecule has 190 valence electrons. The maximum atomic E-state index is 12.6. The number of hydrogen-bond donors (Lipinski definition) is 3. The number of anilines is 1. The fourth-order valence-corrected chi connectivity index (χ4v) is 5.16. The van der Waals surface area contributed by atoms with Crippen LogP contribution in [0.2, 0.25) is 0 Å². The second-order valence-electron chi connectivity index (χ2n) is 8.76. The predicted octanol–water partition coefficient (Wildman–Crippen LogP) is 3.36. The van der Waals surface area contributed by atoms with Crippen LogP contribution >= 0.6 is 0 Å². The largest absolute Gasteiger partial charge is 0.489 e. The molecule has 0 radical (unpaired) electrons. The van der Waals surface area contributed by atoms with Gasteiger partial charge in [0.1, 0.15) is 11.9 Å². The molecule has 0 saturated carbocycles. The number of fused-ring (bicyclic) bond motifs is 1. The van der Waals surface area contributed by atoms with Gasteiger partial charge in [-0.2, -0.15) is 0 Å². The first-order valence-electron chi connectivity index (χ1n) is 12.0. The van der Waals surface area contributed by atoms with Gasteiger partial charge in [0.15, 0.2) is 0 Å². The number of hydrogen-bond acceptors (Lipinski definition) is 8. The minimum atomic E-state index is -3.78. The van der Waals surface area contributed by atoms with Crippen molar-refractivity contribution in [2.45, 2.75) is 29.9 Å². The van der Waals surface area contributed by atoms with Crippen LogP contribution in [0, 0.1) is 0 Å². The van der Waals surface area contributed by atoms with Crippen molar-refractivity contribution in [1.82, 2.24) is 20.3 Å². The Balaban J connectivity index is 1.19. The smallest absolute Gasteiger partial charge is 0.264 e. The normalized spacial score (nSPS) is 15.9. The maximum absolute atomic E-state index is 12.6. The van der Waals surface area contributed by atoms with E-state index < -0.39 is 16.1 Å². The third-order valence-electron chi connectivity index (χ3n) is 6.16. The molecular formula is C27H27N5O4S. The number of aromatic nitrogens is 3. The first kappa shape index (κ1) is 24.8. The van der Waals surface area contributed by atoms with E-state index in [1.54, 1.807) is 42.7 Å². The summed E-state index contributed by atoms with van der Waals surface area (Å²) in [6.07, 6.45) is 7.43. The van der Waals surface area contributed by atoms with Gasteiger partial charge in [-0.3, -0.25) is 4.98 Å². The Labute approximate surface area is 215 Å². The van der Waals surface area contributed by atoms with E-state index in [9.17, 15) is 13.5 Å². The van der Waals surface area contributed by atoms with Crippen molar-refractivity contribution < 1.29 is 18.3 Å². The number of pyridine rings is 1. The van der Waals surface area contributed by atoms with E-state index >= 15 is 0 Å². The van der Waals surface area contributed by atoms with Crippen molar-refractivity contribution in [2.75, 3.05) is 17.8 Å². The number of aryl methyl sites for hydroxylation is 1. The minimum Gasteiger partial charge on any atom is -0.489 e. The Morgan fingerprint density at radius 2 is 1.78 bits per heavy atom. The van der Waals surface area contributed by atoms with Crippen molar-refractivity contribution in [2.24, 2.45) is 0 Å². The average molecular weight is 518 g/mol. The van der Waals surface area contributed by atoms with Crippen molar-refractivity contribution >= 4 is 16.0 Å². The second-order valence-corrected chi connectivity index (χ2v) is 10.4. The Bertz CT molecular complexity index is 1440. The lowest BCUT2D eigenvalue weighted by Gasteiger charge is -2.27. The van der Waals surface area contributed by atoms with E-state index in [0.717, 1.165) is 40.8 Å². The lowest BCUT2D eigenvalue weighted by atomic mass is 9.97. The molecule has 3 N–H and O–H groups in total. The number of nitrogens with one attached hydrogen (secondary N) is 2. The van der Waals surface area contributed by atoms with Crippen LogP contribution in [-0.2, 0) is 16.4 Å². The maximum Gasteiger partial charge on any atom is 0.264 e. The molecule has 2 aromatic heterocycles. The van der Waals surface area contributed by atoms with Crippen LogP contribution in [0.1, 0.15) is 23.7 Å². The van der Waals surface area contributed by atoms with Gasteiger partial charge in [-0.05, 0) is 65.9 Å². The third-order valence-corrected chi connectivity index (χ3v) is 7.50. The summed E-state index contributed by atoms with van der Waals surface area (Å²) in [5, 5.41) is 13.6. The highest BCUT2D eigenvalue weighted by molar-refractivity contribution is 7.92. The molecule has 3 heterocycles. The summed E-state index contributed by atoms with van der Waals surface area (Å²) in [6.45, 7) is 1.06. The highest BCUT2D eigenvalue weighted by atomic mass is 32.2. The zero-order valence-corrected chi connectivity index (χ0v) is 20.8. The fourth-order valence-electron chi connectivity index (χ4n) is 4.20. The molecule has 10 heteroatoms. The molecule has 0 spiro atoms. The molecule has 37 heavy (non-hydrogen) atoms. The first-order valence-corrected chi connectivity index (χ1v) is 13.4. The molecule has 4 aromatic rings. The molecule has 2 unspecified atom stereocenters. The zero-order valence-electron chi connectivity index (χ0n) is 20.0. The molecule has 2 atom stereocenters. The Morgan fingerprint density at radius 1 is 1.00 bits per heavy atom. The van der Waals surface area contributed by atoms with Gasteiger partial charge in [0.25, 0.3) is 10.0 Å². The van der Waals surface area contributed by atoms with Crippen LogP contribution in [0.15, 0.2) is 90.3 Å². The van der Waals surface area contributed by atoms with Crippen molar-refractivity contribution in [1.29, 1.82) is 0 Å².